The van der Waals surface area contributed by atoms with Crippen molar-refractivity contribution in [3.05, 3.63) is 48.2 Å². The Hall–Kier alpha value is -1.77. The summed E-state index contributed by atoms with van der Waals surface area (Å²) in [6.07, 6.45) is 3.88. The molecule has 0 saturated heterocycles. The fraction of sp³-hybridized carbons (Fsp3) is 0.182. The van der Waals surface area contributed by atoms with Crippen molar-refractivity contribution in [2.24, 2.45) is 0 Å². The molecule has 0 fully saturated rings. The molecule has 1 aromatic carbocycles. The Labute approximate surface area is 82.3 Å². The number of aromatic nitrogens is 1. The molecule has 0 unspecified atom stereocenters. The summed E-state index contributed by atoms with van der Waals surface area (Å²) in [5.74, 6) is 1.57. The van der Waals surface area contributed by atoms with E-state index in [4.69, 9.17) is 9.15 Å². The van der Waals surface area contributed by atoms with Crippen molar-refractivity contribution in [3.8, 4) is 5.75 Å². The van der Waals surface area contributed by atoms with Gasteiger partial charge in [0.2, 0.25) is 0 Å². The summed E-state index contributed by atoms with van der Waals surface area (Å²) in [5.41, 5.74) is 1.08. The average Bonchev–Trinajstić information content (AvgIpc) is 2.71. The normalized spacial score (nSPS) is 10.1. The lowest BCUT2D eigenvalue weighted by Gasteiger charge is -2.05. The number of hydrogen-bond acceptors (Lipinski definition) is 3. The molecule has 1 aromatic heterocycles. The van der Waals surface area contributed by atoms with Gasteiger partial charge in [-0.25, -0.2) is 4.98 Å². The number of benzene rings is 1. The van der Waals surface area contributed by atoms with Crippen LogP contribution in [0.2, 0.25) is 0 Å². The van der Waals surface area contributed by atoms with Crippen molar-refractivity contribution in [2.45, 2.75) is 6.42 Å². The van der Waals surface area contributed by atoms with E-state index in [0.29, 0.717) is 12.3 Å². The molecule has 0 atom stereocenters. The zero-order valence-corrected chi connectivity index (χ0v) is 7.93. The molecular weight excluding hydrogens is 178 g/mol. The summed E-state index contributed by atoms with van der Waals surface area (Å²) in [6.45, 7) is 0. The largest absolute Gasteiger partial charge is 0.496 e. The fourth-order valence-electron chi connectivity index (χ4n) is 1.35. The second kappa shape index (κ2) is 3.96. The number of hydrogen-bond donors (Lipinski definition) is 0. The van der Waals surface area contributed by atoms with Crippen LogP contribution in [0.3, 0.4) is 0 Å². The Morgan fingerprint density at radius 1 is 1.36 bits per heavy atom. The van der Waals surface area contributed by atoms with Gasteiger partial charge < -0.3 is 9.15 Å². The minimum Gasteiger partial charge on any atom is -0.496 e. The standard InChI is InChI=1S/C11H11NO2/c1-13-10-5-3-2-4-9(10)8-11-12-6-7-14-11/h2-7H,8H2,1H3. The van der Waals surface area contributed by atoms with Crippen LogP contribution in [0.25, 0.3) is 0 Å². The molecule has 0 aliphatic heterocycles. The first-order chi connectivity index (χ1) is 6.90. The zero-order chi connectivity index (χ0) is 9.80. The van der Waals surface area contributed by atoms with Gasteiger partial charge in [-0.2, -0.15) is 0 Å². The molecular formula is C11H11NO2. The van der Waals surface area contributed by atoms with E-state index >= 15 is 0 Å². The van der Waals surface area contributed by atoms with Gasteiger partial charge in [-0.05, 0) is 6.07 Å². The van der Waals surface area contributed by atoms with Crippen LogP contribution >= 0.6 is 0 Å². The van der Waals surface area contributed by atoms with Crippen LogP contribution in [-0.2, 0) is 6.42 Å². The molecule has 0 radical (unpaired) electrons. The molecule has 0 N–H and O–H groups in total. The molecule has 0 saturated carbocycles. The maximum atomic E-state index is 5.22. The van der Waals surface area contributed by atoms with Crippen molar-refractivity contribution >= 4 is 0 Å². The minimum absolute atomic E-state index is 0.664. The first-order valence-corrected chi connectivity index (χ1v) is 4.40. The molecule has 72 valence electrons. The van der Waals surface area contributed by atoms with Gasteiger partial charge in [0.25, 0.3) is 0 Å². The van der Waals surface area contributed by atoms with E-state index in [0.717, 1.165) is 11.3 Å². The molecule has 14 heavy (non-hydrogen) atoms. The maximum Gasteiger partial charge on any atom is 0.198 e. The van der Waals surface area contributed by atoms with E-state index in [-0.39, 0.29) is 0 Å². The predicted molar refractivity (Wildman–Crippen MR) is 52.3 cm³/mol. The highest BCUT2D eigenvalue weighted by atomic mass is 16.5. The van der Waals surface area contributed by atoms with Gasteiger partial charge in [0.1, 0.15) is 12.0 Å². The molecule has 0 amide bonds. The Kier molecular flexibility index (Phi) is 2.49. The summed E-state index contributed by atoms with van der Waals surface area (Å²) >= 11 is 0. The van der Waals surface area contributed by atoms with E-state index in [1.807, 2.05) is 24.3 Å². The molecule has 0 aliphatic rings. The van der Waals surface area contributed by atoms with Crippen LogP contribution in [-0.4, -0.2) is 12.1 Å². The Bertz CT molecular complexity index is 395. The number of oxazole rings is 1. The van der Waals surface area contributed by atoms with E-state index in [2.05, 4.69) is 4.98 Å². The lowest BCUT2D eigenvalue weighted by atomic mass is 10.1. The fourth-order valence-corrected chi connectivity index (χ4v) is 1.35. The monoisotopic (exact) mass is 189 g/mol. The van der Waals surface area contributed by atoms with Gasteiger partial charge in [-0.1, -0.05) is 18.2 Å². The number of rotatable bonds is 3. The third kappa shape index (κ3) is 1.76. The molecule has 2 aromatic rings. The third-order valence-electron chi connectivity index (χ3n) is 2.02. The topological polar surface area (TPSA) is 35.3 Å². The second-order valence-electron chi connectivity index (χ2n) is 2.91. The minimum atomic E-state index is 0.664. The van der Waals surface area contributed by atoms with Crippen molar-refractivity contribution in [2.75, 3.05) is 7.11 Å². The van der Waals surface area contributed by atoms with Gasteiger partial charge in [-0.3, -0.25) is 0 Å². The van der Waals surface area contributed by atoms with Crippen LogP contribution < -0.4 is 4.74 Å². The smallest absolute Gasteiger partial charge is 0.198 e. The van der Waals surface area contributed by atoms with E-state index in [1.54, 1.807) is 19.6 Å². The number of methoxy groups -OCH3 is 1. The number of para-hydroxylation sites is 1. The molecule has 3 nitrogen and oxygen atoms in total. The first-order valence-electron chi connectivity index (χ1n) is 4.40. The maximum absolute atomic E-state index is 5.22. The number of nitrogens with zero attached hydrogens (tertiary/aromatic N) is 1. The summed E-state index contributed by atoms with van der Waals surface area (Å²) in [5, 5.41) is 0. The first kappa shape index (κ1) is 8.81. The summed E-state index contributed by atoms with van der Waals surface area (Å²) in [7, 11) is 1.66. The summed E-state index contributed by atoms with van der Waals surface area (Å²) < 4.78 is 10.4. The Morgan fingerprint density at radius 3 is 2.93 bits per heavy atom. The highest BCUT2D eigenvalue weighted by Gasteiger charge is 2.05. The van der Waals surface area contributed by atoms with Crippen LogP contribution in [0.5, 0.6) is 5.75 Å². The van der Waals surface area contributed by atoms with Gasteiger partial charge >= 0.3 is 0 Å². The van der Waals surface area contributed by atoms with E-state index < -0.39 is 0 Å². The summed E-state index contributed by atoms with van der Waals surface area (Å²) in [4.78, 5) is 4.06. The molecule has 0 bridgehead atoms. The van der Waals surface area contributed by atoms with Crippen molar-refractivity contribution in [1.29, 1.82) is 0 Å². The van der Waals surface area contributed by atoms with E-state index in [1.165, 1.54) is 0 Å². The lowest BCUT2D eigenvalue weighted by molar-refractivity contribution is 0.408. The molecule has 1 heterocycles. The third-order valence-corrected chi connectivity index (χ3v) is 2.02. The van der Waals surface area contributed by atoms with E-state index in [9.17, 15) is 0 Å². The average molecular weight is 189 g/mol. The highest BCUT2D eigenvalue weighted by Crippen LogP contribution is 2.19. The van der Waals surface area contributed by atoms with Crippen molar-refractivity contribution in [3.63, 3.8) is 0 Å². The lowest BCUT2D eigenvalue weighted by Crippen LogP contribution is -1.93. The summed E-state index contributed by atoms with van der Waals surface area (Å²) in [6, 6.07) is 7.85. The number of ether oxygens (including phenoxy) is 1. The van der Waals surface area contributed by atoms with Crippen molar-refractivity contribution < 1.29 is 9.15 Å². The van der Waals surface area contributed by atoms with Gasteiger partial charge in [-0.15, -0.1) is 0 Å². The molecule has 0 spiro atoms. The Morgan fingerprint density at radius 2 is 2.21 bits per heavy atom. The molecule has 0 aliphatic carbocycles. The molecule has 3 heteroatoms. The van der Waals surface area contributed by atoms with Crippen LogP contribution in [0.1, 0.15) is 11.5 Å². The predicted octanol–water partition coefficient (Wildman–Crippen LogP) is 2.27. The SMILES string of the molecule is COc1ccccc1Cc1ncco1. The Balaban J connectivity index is 2.24. The molecule has 2 rings (SSSR count). The zero-order valence-electron chi connectivity index (χ0n) is 7.93. The van der Waals surface area contributed by atoms with Gasteiger partial charge in [0.15, 0.2) is 5.89 Å². The second-order valence-corrected chi connectivity index (χ2v) is 2.91. The van der Waals surface area contributed by atoms with Crippen molar-refractivity contribution in [1.82, 2.24) is 4.98 Å². The van der Waals surface area contributed by atoms with Crippen LogP contribution in [0.15, 0.2) is 41.1 Å². The highest BCUT2D eigenvalue weighted by molar-refractivity contribution is 5.34. The van der Waals surface area contributed by atoms with Crippen LogP contribution in [0, 0.1) is 0 Å². The van der Waals surface area contributed by atoms with Gasteiger partial charge in [0.05, 0.1) is 19.7 Å². The van der Waals surface area contributed by atoms with Gasteiger partial charge in [0, 0.05) is 5.56 Å². The quantitative estimate of drug-likeness (QED) is 0.743. The van der Waals surface area contributed by atoms with Crippen LogP contribution in [0.4, 0.5) is 0 Å².